The maximum Gasteiger partial charge on any atom is 0.317 e. The Morgan fingerprint density at radius 3 is 2.84 bits per heavy atom. The first-order valence-corrected chi connectivity index (χ1v) is 8.43. The highest BCUT2D eigenvalue weighted by atomic mass is 16.5. The molecule has 1 aromatic rings. The van der Waals surface area contributed by atoms with Crippen molar-refractivity contribution in [1.82, 2.24) is 10.2 Å². The normalized spacial score (nSPS) is 23.4. The summed E-state index contributed by atoms with van der Waals surface area (Å²) in [5.41, 5.74) is 6.29. The van der Waals surface area contributed by atoms with Gasteiger partial charge in [0.15, 0.2) is 6.10 Å². The van der Waals surface area contributed by atoms with E-state index in [9.17, 15) is 9.59 Å². The number of benzene rings is 1. The van der Waals surface area contributed by atoms with Crippen LogP contribution in [0.3, 0.4) is 0 Å². The van der Waals surface area contributed by atoms with Crippen LogP contribution in [0.5, 0.6) is 5.75 Å². The second-order valence-electron chi connectivity index (χ2n) is 6.26. The van der Waals surface area contributed by atoms with E-state index < -0.39 is 12.0 Å². The maximum absolute atomic E-state index is 12.5. The van der Waals surface area contributed by atoms with E-state index in [1.807, 2.05) is 24.3 Å². The molecule has 3 amide bonds. The molecule has 3 N–H and O–H groups in total. The molecule has 0 saturated carbocycles. The predicted molar refractivity (Wildman–Crippen MR) is 92.7 cm³/mol. The van der Waals surface area contributed by atoms with E-state index in [-0.39, 0.29) is 18.6 Å². The van der Waals surface area contributed by atoms with Crippen LogP contribution >= 0.6 is 0 Å². The number of para-hydroxylation sites is 2. The molecule has 2 saturated heterocycles. The zero-order chi connectivity index (χ0) is 17.8. The van der Waals surface area contributed by atoms with Crippen molar-refractivity contribution in [3.63, 3.8) is 0 Å². The Kier molecular flexibility index (Phi) is 5.28. The highest BCUT2D eigenvalue weighted by Gasteiger charge is 2.31. The third-order valence-corrected chi connectivity index (χ3v) is 4.61. The van der Waals surface area contributed by atoms with Crippen molar-refractivity contribution in [3.05, 3.63) is 24.3 Å². The van der Waals surface area contributed by atoms with Crippen LogP contribution in [0, 0.1) is 0 Å². The molecule has 25 heavy (non-hydrogen) atoms. The summed E-state index contributed by atoms with van der Waals surface area (Å²) in [5.74, 6) is 0.285. The standard InChI is InChI=1S/C17H24N4O4/c1-24-14-5-3-2-4-13(14)20-7-6-12(10-20)19-17(23)21-8-9-25-15(11-21)16(18)22/h2-5,12,15H,6-11H2,1H3,(H2,18,22)(H,19,23). The number of rotatable bonds is 4. The van der Waals surface area contributed by atoms with Gasteiger partial charge < -0.3 is 30.3 Å². The van der Waals surface area contributed by atoms with Gasteiger partial charge in [-0.1, -0.05) is 12.1 Å². The summed E-state index contributed by atoms with van der Waals surface area (Å²) >= 11 is 0. The van der Waals surface area contributed by atoms with Gasteiger partial charge in [-0.3, -0.25) is 4.79 Å². The summed E-state index contributed by atoms with van der Waals surface area (Å²) in [4.78, 5) is 27.5. The third-order valence-electron chi connectivity index (χ3n) is 4.61. The Morgan fingerprint density at radius 1 is 1.28 bits per heavy atom. The lowest BCUT2D eigenvalue weighted by molar-refractivity contribution is -0.133. The van der Waals surface area contributed by atoms with E-state index in [0.717, 1.165) is 30.9 Å². The van der Waals surface area contributed by atoms with Gasteiger partial charge in [0, 0.05) is 25.7 Å². The van der Waals surface area contributed by atoms with Crippen LogP contribution in [-0.2, 0) is 9.53 Å². The molecule has 0 spiro atoms. The summed E-state index contributed by atoms with van der Waals surface area (Å²) < 4.78 is 10.7. The first-order chi connectivity index (χ1) is 12.1. The molecule has 2 aliphatic heterocycles. The van der Waals surface area contributed by atoms with E-state index in [1.165, 1.54) is 0 Å². The molecule has 0 bridgehead atoms. The highest BCUT2D eigenvalue weighted by molar-refractivity contribution is 5.81. The molecule has 8 nitrogen and oxygen atoms in total. The quantitative estimate of drug-likeness (QED) is 0.808. The lowest BCUT2D eigenvalue weighted by Crippen LogP contribution is -2.54. The van der Waals surface area contributed by atoms with Gasteiger partial charge in [-0.05, 0) is 18.6 Å². The smallest absolute Gasteiger partial charge is 0.317 e. The lowest BCUT2D eigenvalue weighted by atomic mass is 10.2. The van der Waals surface area contributed by atoms with Crippen LogP contribution in [0.4, 0.5) is 10.5 Å². The van der Waals surface area contributed by atoms with E-state index in [4.69, 9.17) is 15.2 Å². The fourth-order valence-electron chi connectivity index (χ4n) is 3.26. The molecule has 8 heteroatoms. The summed E-state index contributed by atoms with van der Waals surface area (Å²) in [5, 5.41) is 3.04. The van der Waals surface area contributed by atoms with Gasteiger partial charge in [0.2, 0.25) is 5.91 Å². The largest absolute Gasteiger partial charge is 0.495 e. The van der Waals surface area contributed by atoms with Crippen LogP contribution in [-0.4, -0.2) is 68.9 Å². The molecule has 3 rings (SSSR count). The minimum atomic E-state index is -0.729. The number of carbonyl (C=O) groups excluding carboxylic acids is 2. The lowest BCUT2D eigenvalue weighted by Gasteiger charge is -2.32. The predicted octanol–water partition coefficient (Wildman–Crippen LogP) is 0.170. The number of nitrogens with one attached hydrogen (secondary N) is 1. The van der Waals surface area contributed by atoms with Crippen LogP contribution in [0.25, 0.3) is 0 Å². The van der Waals surface area contributed by atoms with Gasteiger partial charge in [-0.2, -0.15) is 0 Å². The number of primary amides is 1. The molecule has 2 atom stereocenters. The number of anilines is 1. The highest BCUT2D eigenvalue weighted by Crippen LogP contribution is 2.30. The minimum absolute atomic E-state index is 0.0484. The van der Waals surface area contributed by atoms with Crippen LogP contribution in [0.2, 0.25) is 0 Å². The van der Waals surface area contributed by atoms with Crippen LogP contribution in [0.1, 0.15) is 6.42 Å². The van der Waals surface area contributed by atoms with Gasteiger partial charge in [-0.25, -0.2) is 4.79 Å². The zero-order valence-corrected chi connectivity index (χ0v) is 14.3. The topological polar surface area (TPSA) is 97.1 Å². The number of morpholine rings is 1. The van der Waals surface area contributed by atoms with Gasteiger partial charge >= 0.3 is 6.03 Å². The molecule has 1 aromatic carbocycles. The van der Waals surface area contributed by atoms with Gasteiger partial charge in [0.05, 0.1) is 25.9 Å². The molecule has 0 radical (unpaired) electrons. The number of amides is 3. The number of nitrogens with two attached hydrogens (primary N) is 1. The summed E-state index contributed by atoms with van der Waals surface area (Å²) in [6.07, 6.45) is 0.126. The Balaban J connectivity index is 1.56. The third kappa shape index (κ3) is 3.96. The summed E-state index contributed by atoms with van der Waals surface area (Å²) in [7, 11) is 1.65. The Morgan fingerprint density at radius 2 is 2.08 bits per heavy atom. The second-order valence-corrected chi connectivity index (χ2v) is 6.26. The monoisotopic (exact) mass is 348 g/mol. The molecule has 2 unspecified atom stereocenters. The molecular formula is C17H24N4O4. The Labute approximate surface area is 146 Å². The average molecular weight is 348 g/mol. The van der Waals surface area contributed by atoms with Gasteiger partial charge in [0.1, 0.15) is 5.75 Å². The first-order valence-electron chi connectivity index (χ1n) is 8.43. The van der Waals surface area contributed by atoms with Crippen molar-refractivity contribution in [2.45, 2.75) is 18.6 Å². The SMILES string of the molecule is COc1ccccc1N1CCC(NC(=O)N2CCOC(C(N)=O)C2)C1. The van der Waals surface area contributed by atoms with Crippen molar-refractivity contribution >= 4 is 17.6 Å². The minimum Gasteiger partial charge on any atom is -0.495 e. The van der Waals surface area contributed by atoms with Crippen molar-refractivity contribution < 1.29 is 19.1 Å². The van der Waals surface area contributed by atoms with Crippen molar-refractivity contribution in [1.29, 1.82) is 0 Å². The maximum atomic E-state index is 12.5. The number of methoxy groups -OCH3 is 1. The number of hydrogen-bond donors (Lipinski definition) is 2. The number of ether oxygens (including phenoxy) is 2. The van der Waals surface area contributed by atoms with Crippen molar-refractivity contribution in [2.24, 2.45) is 5.73 Å². The molecular weight excluding hydrogens is 324 g/mol. The van der Waals surface area contributed by atoms with Crippen molar-refractivity contribution in [3.8, 4) is 5.75 Å². The second kappa shape index (κ2) is 7.60. The number of nitrogens with zero attached hydrogens (tertiary/aromatic N) is 2. The number of urea groups is 1. The number of carbonyl (C=O) groups is 2. The van der Waals surface area contributed by atoms with Crippen LogP contribution < -0.4 is 20.7 Å². The molecule has 2 aliphatic rings. The zero-order valence-electron chi connectivity index (χ0n) is 14.3. The van der Waals surface area contributed by atoms with Gasteiger partial charge in [0.25, 0.3) is 0 Å². The molecule has 0 aliphatic carbocycles. The average Bonchev–Trinajstić information content (AvgIpc) is 3.10. The first kappa shape index (κ1) is 17.3. The summed E-state index contributed by atoms with van der Waals surface area (Å²) in [6, 6.07) is 7.72. The Bertz CT molecular complexity index is 639. The molecule has 2 heterocycles. The van der Waals surface area contributed by atoms with E-state index in [0.29, 0.717) is 13.2 Å². The molecule has 136 valence electrons. The van der Waals surface area contributed by atoms with Crippen molar-refractivity contribution in [2.75, 3.05) is 44.8 Å². The Hall–Kier alpha value is -2.48. The fourth-order valence-corrected chi connectivity index (χ4v) is 3.26. The van der Waals surface area contributed by atoms with E-state index in [2.05, 4.69) is 10.2 Å². The van der Waals surface area contributed by atoms with Gasteiger partial charge in [-0.15, -0.1) is 0 Å². The fraction of sp³-hybridized carbons (Fsp3) is 0.529. The molecule has 0 aromatic heterocycles. The van der Waals surface area contributed by atoms with E-state index in [1.54, 1.807) is 12.0 Å². The summed E-state index contributed by atoms with van der Waals surface area (Å²) in [6.45, 7) is 2.54. The number of hydrogen-bond acceptors (Lipinski definition) is 5. The van der Waals surface area contributed by atoms with E-state index >= 15 is 0 Å². The molecule has 2 fully saturated rings. The van der Waals surface area contributed by atoms with Crippen LogP contribution in [0.15, 0.2) is 24.3 Å².